The molecule has 2 aliphatic rings. The Morgan fingerprint density at radius 2 is 1.88 bits per heavy atom. The Labute approximate surface area is 193 Å². The lowest BCUT2D eigenvalue weighted by atomic mass is 9.93. The fourth-order valence-corrected chi connectivity index (χ4v) is 6.52. The van der Waals surface area contributed by atoms with Crippen molar-refractivity contribution in [2.24, 2.45) is 0 Å². The van der Waals surface area contributed by atoms with Crippen molar-refractivity contribution in [3.63, 3.8) is 0 Å². The summed E-state index contributed by atoms with van der Waals surface area (Å²) in [6, 6.07) is 12.4. The van der Waals surface area contributed by atoms with Crippen molar-refractivity contribution >= 4 is 21.6 Å². The molecule has 1 N–H and O–H groups in total. The van der Waals surface area contributed by atoms with E-state index >= 15 is 0 Å². The van der Waals surface area contributed by atoms with Crippen LogP contribution in [0.15, 0.2) is 53.6 Å². The molecule has 2 heterocycles. The van der Waals surface area contributed by atoms with Crippen LogP contribution in [-0.2, 0) is 32.2 Å². The maximum Gasteiger partial charge on any atom is 0.262 e. The van der Waals surface area contributed by atoms with Crippen molar-refractivity contribution in [2.75, 3.05) is 0 Å². The Morgan fingerprint density at radius 3 is 2.64 bits per heavy atom. The molecule has 2 aromatic carbocycles. The molecule has 4 aromatic rings. The summed E-state index contributed by atoms with van der Waals surface area (Å²) in [4.78, 5) is 20.2. The van der Waals surface area contributed by atoms with Gasteiger partial charge in [-0.2, -0.15) is 0 Å². The van der Waals surface area contributed by atoms with E-state index in [9.17, 15) is 13.6 Å². The molecule has 0 amide bonds. The Bertz CT molecular complexity index is 1400. The minimum absolute atomic E-state index is 0.0649. The van der Waals surface area contributed by atoms with Crippen molar-refractivity contribution in [1.82, 2.24) is 14.9 Å². The number of nitrogens with zero attached hydrogens (tertiary/aromatic N) is 2. The molecule has 0 aliphatic heterocycles. The number of hydrogen-bond acceptors (Lipinski definition) is 4. The van der Waals surface area contributed by atoms with Gasteiger partial charge in [0.25, 0.3) is 5.56 Å². The molecular formula is C26H23F2N3OS. The van der Waals surface area contributed by atoms with Crippen molar-refractivity contribution in [1.29, 1.82) is 0 Å². The van der Waals surface area contributed by atoms with Crippen LogP contribution in [0.2, 0.25) is 0 Å². The van der Waals surface area contributed by atoms with Crippen LogP contribution in [0.3, 0.4) is 0 Å². The fraction of sp³-hybridized carbons (Fsp3) is 0.308. The van der Waals surface area contributed by atoms with Gasteiger partial charge >= 0.3 is 0 Å². The molecule has 1 atom stereocenters. The molecule has 0 spiro atoms. The van der Waals surface area contributed by atoms with E-state index in [0.29, 0.717) is 12.1 Å². The zero-order chi connectivity index (χ0) is 22.5. The summed E-state index contributed by atoms with van der Waals surface area (Å²) in [7, 11) is 0. The van der Waals surface area contributed by atoms with Crippen molar-refractivity contribution in [3.8, 4) is 0 Å². The molecule has 0 saturated heterocycles. The monoisotopic (exact) mass is 463 g/mol. The molecule has 168 valence electrons. The normalized spacial score (nSPS) is 17.9. The number of halogens is 2. The van der Waals surface area contributed by atoms with Gasteiger partial charge in [0.2, 0.25) is 0 Å². The third kappa shape index (κ3) is 3.69. The van der Waals surface area contributed by atoms with Gasteiger partial charge in [-0.1, -0.05) is 30.3 Å². The second-order valence-corrected chi connectivity index (χ2v) is 10.1. The molecule has 0 saturated carbocycles. The first-order chi connectivity index (χ1) is 16.1. The van der Waals surface area contributed by atoms with Gasteiger partial charge in [0.1, 0.15) is 16.5 Å². The summed E-state index contributed by atoms with van der Waals surface area (Å²) in [5.74, 6) is -1.09. The van der Waals surface area contributed by atoms with Crippen LogP contribution >= 0.6 is 11.3 Å². The molecular weight excluding hydrogens is 440 g/mol. The summed E-state index contributed by atoms with van der Waals surface area (Å²) in [5, 5.41) is 4.18. The second kappa shape index (κ2) is 8.15. The molecule has 0 fully saturated rings. The maximum absolute atomic E-state index is 14.0. The van der Waals surface area contributed by atoms with Gasteiger partial charge in [0.15, 0.2) is 0 Å². The standard InChI is InChI=1S/C26H23F2N3OS/c27-18-6-5-17(22(28)11-18)13-29-19-7-8-21-23(12-19)33-25-24(21)26(32)31(14-30-25)20-9-15-3-1-2-4-16(15)10-20/h1-6,11,14,19-20,29H,7-10,12-13H2/t19-/m0/s1. The lowest BCUT2D eigenvalue weighted by Gasteiger charge is -2.23. The largest absolute Gasteiger partial charge is 0.309 e. The number of rotatable bonds is 4. The first-order valence-corrected chi connectivity index (χ1v) is 12.1. The van der Waals surface area contributed by atoms with Crippen molar-refractivity contribution in [2.45, 2.75) is 50.7 Å². The van der Waals surface area contributed by atoms with Gasteiger partial charge in [-0.15, -0.1) is 11.3 Å². The summed E-state index contributed by atoms with van der Waals surface area (Å²) in [6.07, 6.45) is 5.89. The van der Waals surface area contributed by atoms with E-state index in [1.165, 1.54) is 28.1 Å². The average Bonchev–Trinajstić information content (AvgIpc) is 3.40. The Balaban J connectivity index is 1.23. The van der Waals surface area contributed by atoms with Crippen LogP contribution in [0.5, 0.6) is 0 Å². The van der Waals surface area contributed by atoms with Crippen LogP contribution in [0.4, 0.5) is 8.78 Å². The molecule has 2 aliphatic carbocycles. The second-order valence-electron chi connectivity index (χ2n) is 9.03. The van der Waals surface area contributed by atoms with E-state index in [-0.39, 0.29) is 17.6 Å². The zero-order valence-electron chi connectivity index (χ0n) is 18.0. The van der Waals surface area contributed by atoms with Crippen LogP contribution in [-0.4, -0.2) is 15.6 Å². The summed E-state index contributed by atoms with van der Waals surface area (Å²) >= 11 is 1.59. The average molecular weight is 464 g/mol. The molecule has 4 nitrogen and oxygen atoms in total. The number of nitrogens with one attached hydrogen (secondary N) is 1. The van der Waals surface area contributed by atoms with E-state index in [2.05, 4.69) is 34.6 Å². The molecule has 2 aromatic heterocycles. The summed E-state index contributed by atoms with van der Waals surface area (Å²) in [6.45, 7) is 0.351. The number of aryl methyl sites for hydroxylation is 1. The van der Waals surface area contributed by atoms with Gasteiger partial charge in [-0.05, 0) is 54.9 Å². The number of thiophene rings is 1. The molecule has 0 bridgehead atoms. The van der Waals surface area contributed by atoms with Gasteiger partial charge < -0.3 is 5.32 Å². The van der Waals surface area contributed by atoms with Crippen LogP contribution in [0, 0.1) is 11.6 Å². The minimum Gasteiger partial charge on any atom is -0.309 e. The summed E-state index contributed by atoms with van der Waals surface area (Å²) in [5.41, 5.74) is 4.28. The van der Waals surface area contributed by atoms with Crippen molar-refractivity contribution < 1.29 is 8.78 Å². The highest BCUT2D eigenvalue weighted by Crippen LogP contribution is 2.35. The number of fused-ring (bicyclic) bond motifs is 4. The predicted octanol–water partition coefficient (Wildman–Crippen LogP) is 4.72. The van der Waals surface area contributed by atoms with E-state index in [1.54, 1.807) is 17.7 Å². The molecule has 7 heteroatoms. The van der Waals surface area contributed by atoms with Crippen LogP contribution in [0.1, 0.15) is 39.6 Å². The van der Waals surface area contributed by atoms with E-state index in [4.69, 9.17) is 0 Å². The minimum atomic E-state index is -0.566. The lowest BCUT2D eigenvalue weighted by molar-refractivity contribution is 0.454. The quantitative estimate of drug-likeness (QED) is 0.476. The predicted molar refractivity (Wildman–Crippen MR) is 126 cm³/mol. The molecule has 6 rings (SSSR count). The zero-order valence-corrected chi connectivity index (χ0v) is 18.8. The smallest absolute Gasteiger partial charge is 0.262 e. The Hall–Kier alpha value is -2.90. The first kappa shape index (κ1) is 20.7. The molecule has 0 unspecified atom stereocenters. The third-order valence-electron chi connectivity index (χ3n) is 7.01. The Kier molecular flexibility index (Phi) is 5.11. The highest BCUT2D eigenvalue weighted by molar-refractivity contribution is 7.18. The van der Waals surface area contributed by atoms with Gasteiger partial charge in [0.05, 0.1) is 11.7 Å². The Morgan fingerprint density at radius 1 is 1.09 bits per heavy atom. The fourth-order valence-electron chi connectivity index (χ4n) is 5.27. The van der Waals surface area contributed by atoms with Gasteiger partial charge in [0, 0.05) is 35.1 Å². The van der Waals surface area contributed by atoms with E-state index < -0.39 is 11.6 Å². The highest BCUT2D eigenvalue weighted by atomic mass is 32.1. The van der Waals surface area contributed by atoms with Gasteiger partial charge in [-0.25, -0.2) is 13.8 Å². The maximum atomic E-state index is 14.0. The number of benzene rings is 2. The number of hydrogen-bond donors (Lipinski definition) is 1. The van der Waals surface area contributed by atoms with Crippen LogP contribution < -0.4 is 10.9 Å². The molecule has 0 radical (unpaired) electrons. The first-order valence-electron chi connectivity index (χ1n) is 11.3. The summed E-state index contributed by atoms with van der Waals surface area (Å²) < 4.78 is 28.9. The lowest BCUT2D eigenvalue weighted by Crippen LogP contribution is -2.34. The molecule has 33 heavy (non-hydrogen) atoms. The van der Waals surface area contributed by atoms with Crippen molar-refractivity contribution in [3.05, 3.63) is 97.9 Å². The van der Waals surface area contributed by atoms with Gasteiger partial charge in [-0.3, -0.25) is 9.36 Å². The number of aromatic nitrogens is 2. The van der Waals surface area contributed by atoms with Crippen LogP contribution in [0.25, 0.3) is 10.2 Å². The van der Waals surface area contributed by atoms with E-state index in [1.807, 2.05) is 4.57 Å². The highest BCUT2D eigenvalue weighted by Gasteiger charge is 2.28. The topological polar surface area (TPSA) is 46.9 Å². The van der Waals surface area contributed by atoms with E-state index in [0.717, 1.165) is 54.0 Å². The SMILES string of the molecule is O=c1c2c3c(sc2ncn1C1Cc2ccccc2C1)C[C@@H](NCc1ccc(F)cc1F)CC3. The third-order valence-corrected chi connectivity index (χ3v) is 8.18.